The van der Waals surface area contributed by atoms with Crippen molar-refractivity contribution in [1.82, 2.24) is 18.7 Å². The number of imidazole rings is 1. The number of carbonyl (C=O) groups excluding carboxylic acids is 1. The van der Waals surface area contributed by atoms with Gasteiger partial charge in [0.1, 0.15) is 17.9 Å². The van der Waals surface area contributed by atoms with Gasteiger partial charge in [0.2, 0.25) is 0 Å². The third-order valence-electron chi connectivity index (χ3n) is 4.83. The first-order valence-electron chi connectivity index (χ1n) is 9.36. The lowest BCUT2D eigenvalue weighted by atomic mass is 10.1. The van der Waals surface area contributed by atoms with Crippen LogP contribution >= 0.6 is 11.8 Å². The van der Waals surface area contributed by atoms with Gasteiger partial charge in [-0.1, -0.05) is 42.1 Å². The zero-order valence-corrected chi connectivity index (χ0v) is 18.2. The fourth-order valence-corrected chi connectivity index (χ4v) is 4.08. The molecule has 0 spiro atoms. The summed E-state index contributed by atoms with van der Waals surface area (Å²) < 4.78 is 42.5. The summed E-state index contributed by atoms with van der Waals surface area (Å²) in [6, 6.07) is 8.43. The third kappa shape index (κ3) is 4.49. The molecule has 1 unspecified atom stereocenters. The van der Waals surface area contributed by atoms with Crippen LogP contribution in [0.1, 0.15) is 17.3 Å². The minimum atomic E-state index is -4.52. The first-order valence-corrected chi connectivity index (χ1v) is 10.2. The Bertz CT molecular complexity index is 1280. The number of anilines is 1. The molecule has 12 heteroatoms. The van der Waals surface area contributed by atoms with E-state index in [9.17, 15) is 27.6 Å². The molecule has 0 saturated heterocycles. The van der Waals surface area contributed by atoms with E-state index < -0.39 is 40.6 Å². The lowest BCUT2D eigenvalue weighted by Crippen LogP contribution is -2.42. The Kier molecular flexibility index (Phi) is 6.35. The maximum atomic E-state index is 13.3. The molecule has 0 amide bonds. The zero-order valence-electron chi connectivity index (χ0n) is 17.4. The maximum absolute atomic E-state index is 13.3. The second-order valence-corrected chi connectivity index (χ2v) is 8.39. The predicted molar refractivity (Wildman–Crippen MR) is 115 cm³/mol. The van der Waals surface area contributed by atoms with Crippen LogP contribution in [0.3, 0.4) is 0 Å². The van der Waals surface area contributed by atoms with Gasteiger partial charge in [-0.2, -0.15) is 13.2 Å². The van der Waals surface area contributed by atoms with Crippen LogP contribution in [0.5, 0.6) is 0 Å². The van der Waals surface area contributed by atoms with Crippen LogP contribution in [0.15, 0.2) is 51.3 Å². The quantitative estimate of drug-likeness (QED) is 0.441. The van der Waals surface area contributed by atoms with Crippen molar-refractivity contribution >= 4 is 23.4 Å². The van der Waals surface area contributed by atoms with E-state index in [1.807, 2.05) is 0 Å². The van der Waals surface area contributed by atoms with Crippen LogP contribution in [-0.4, -0.2) is 35.9 Å². The van der Waals surface area contributed by atoms with Gasteiger partial charge in [-0.25, -0.2) is 9.78 Å². The van der Waals surface area contributed by atoms with E-state index >= 15 is 0 Å². The number of Topliss-reactive ketones (excluding diaryl/α,β-unsaturated/α-hetero) is 1. The second kappa shape index (κ2) is 8.69. The maximum Gasteiger partial charge on any atom is 0.406 e. The molecular formula is C20H20F3N5O3S. The van der Waals surface area contributed by atoms with Crippen molar-refractivity contribution in [2.45, 2.75) is 30.1 Å². The fraction of sp³-hybridized carbons (Fsp3) is 0.300. The number of alkyl halides is 3. The predicted octanol–water partition coefficient (Wildman–Crippen LogP) is 2.46. The lowest BCUT2D eigenvalue weighted by molar-refractivity contribution is -0.141. The monoisotopic (exact) mass is 467 g/mol. The molecule has 0 aliphatic heterocycles. The number of nitrogen functional groups attached to an aromatic ring is 1. The Morgan fingerprint density at radius 1 is 1.16 bits per heavy atom. The Morgan fingerprint density at radius 2 is 1.78 bits per heavy atom. The Hall–Kier alpha value is -3.28. The number of rotatable bonds is 6. The molecule has 0 saturated carbocycles. The summed E-state index contributed by atoms with van der Waals surface area (Å²) in [5.41, 5.74) is 4.64. The van der Waals surface area contributed by atoms with Crippen LogP contribution in [-0.2, 0) is 20.6 Å². The van der Waals surface area contributed by atoms with Gasteiger partial charge in [0.25, 0.3) is 5.56 Å². The van der Waals surface area contributed by atoms with Gasteiger partial charge in [-0.15, -0.1) is 0 Å². The van der Waals surface area contributed by atoms with E-state index in [-0.39, 0.29) is 16.7 Å². The molecule has 0 bridgehead atoms. The van der Waals surface area contributed by atoms with E-state index in [0.29, 0.717) is 5.56 Å². The van der Waals surface area contributed by atoms with Gasteiger partial charge in [0.15, 0.2) is 10.9 Å². The highest BCUT2D eigenvalue weighted by molar-refractivity contribution is 8.00. The highest BCUT2D eigenvalue weighted by atomic mass is 32.2. The molecule has 3 aromatic rings. The van der Waals surface area contributed by atoms with Crippen LogP contribution in [0, 0.1) is 0 Å². The molecule has 170 valence electrons. The SMILES string of the molecule is CC(Sc1ncc(-c2ccccc2)n1CC(F)(F)F)C(=O)c1c(N)n(C)c(=O)n(C)c1=O. The Labute approximate surface area is 184 Å². The van der Waals surface area contributed by atoms with Gasteiger partial charge in [0, 0.05) is 14.1 Å². The molecule has 1 atom stereocenters. The van der Waals surface area contributed by atoms with Crippen molar-refractivity contribution < 1.29 is 18.0 Å². The number of benzene rings is 1. The molecule has 2 aromatic heterocycles. The smallest absolute Gasteiger partial charge is 0.384 e. The molecule has 3 rings (SSSR count). The summed E-state index contributed by atoms with van der Waals surface area (Å²) >= 11 is 0.774. The highest BCUT2D eigenvalue weighted by Crippen LogP contribution is 2.32. The Balaban J connectivity index is 2.01. The molecule has 2 heterocycles. The van der Waals surface area contributed by atoms with Gasteiger partial charge >= 0.3 is 11.9 Å². The molecule has 8 nitrogen and oxygen atoms in total. The molecule has 0 fully saturated rings. The minimum Gasteiger partial charge on any atom is -0.384 e. The number of carbonyl (C=O) groups is 1. The van der Waals surface area contributed by atoms with E-state index in [2.05, 4.69) is 4.98 Å². The summed E-state index contributed by atoms with van der Waals surface area (Å²) in [7, 11) is 2.52. The standard InChI is InChI=1S/C20H20F3N5O3S/c1-11(15(29)14-16(24)26(2)19(31)27(3)17(14)30)32-18-25-9-13(12-7-5-4-6-8-12)28(18)10-20(21,22)23/h4-9,11H,10,24H2,1-3H3. The normalized spacial score (nSPS) is 12.7. The topological polar surface area (TPSA) is 105 Å². The number of aromatic nitrogens is 4. The van der Waals surface area contributed by atoms with Crippen molar-refractivity contribution in [3.8, 4) is 11.3 Å². The van der Waals surface area contributed by atoms with Crippen molar-refractivity contribution in [3.63, 3.8) is 0 Å². The van der Waals surface area contributed by atoms with Gasteiger partial charge in [-0.3, -0.25) is 18.7 Å². The van der Waals surface area contributed by atoms with E-state index in [4.69, 9.17) is 5.73 Å². The van der Waals surface area contributed by atoms with Crippen molar-refractivity contribution in [2.75, 3.05) is 5.73 Å². The summed E-state index contributed by atoms with van der Waals surface area (Å²) in [6.07, 6.45) is -3.22. The molecule has 0 radical (unpaired) electrons. The second-order valence-electron chi connectivity index (χ2n) is 7.08. The van der Waals surface area contributed by atoms with E-state index in [1.165, 1.54) is 27.2 Å². The van der Waals surface area contributed by atoms with Crippen molar-refractivity contribution in [1.29, 1.82) is 0 Å². The average Bonchev–Trinajstić information content (AvgIpc) is 3.11. The van der Waals surface area contributed by atoms with Crippen LogP contribution in [0.4, 0.5) is 19.0 Å². The molecule has 0 aliphatic rings. The van der Waals surface area contributed by atoms with Gasteiger partial charge < -0.3 is 10.3 Å². The number of ketones is 1. The van der Waals surface area contributed by atoms with Gasteiger partial charge in [-0.05, 0) is 12.5 Å². The van der Waals surface area contributed by atoms with E-state index in [0.717, 1.165) is 25.5 Å². The fourth-order valence-electron chi connectivity index (χ4n) is 3.13. The van der Waals surface area contributed by atoms with Crippen LogP contribution < -0.4 is 17.0 Å². The summed E-state index contributed by atoms with van der Waals surface area (Å²) in [4.78, 5) is 41.5. The van der Waals surface area contributed by atoms with Gasteiger partial charge in [0.05, 0.1) is 17.1 Å². The summed E-state index contributed by atoms with van der Waals surface area (Å²) in [5, 5.41) is -1.04. The summed E-state index contributed by atoms with van der Waals surface area (Å²) in [5.74, 6) is -1.02. The minimum absolute atomic E-state index is 0.0396. The number of thioether (sulfide) groups is 1. The average molecular weight is 467 g/mol. The third-order valence-corrected chi connectivity index (χ3v) is 5.94. The molecule has 1 aromatic carbocycles. The highest BCUT2D eigenvalue weighted by Gasteiger charge is 2.32. The number of halogens is 3. The number of nitrogens with two attached hydrogens (primary N) is 1. The lowest BCUT2D eigenvalue weighted by Gasteiger charge is -2.17. The van der Waals surface area contributed by atoms with E-state index in [1.54, 1.807) is 30.3 Å². The molecular weight excluding hydrogens is 447 g/mol. The number of hydrogen-bond donors (Lipinski definition) is 1. The number of hydrogen-bond acceptors (Lipinski definition) is 6. The van der Waals surface area contributed by atoms with Crippen LogP contribution in [0.25, 0.3) is 11.3 Å². The Morgan fingerprint density at radius 3 is 2.38 bits per heavy atom. The van der Waals surface area contributed by atoms with Crippen molar-refractivity contribution in [3.05, 3.63) is 62.9 Å². The van der Waals surface area contributed by atoms with Crippen LogP contribution in [0.2, 0.25) is 0 Å². The van der Waals surface area contributed by atoms with Crippen molar-refractivity contribution in [2.24, 2.45) is 14.1 Å². The molecule has 2 N–H and O–H groups in total. The number of nitrogens with zero attached hydrogens (tertiary/aromatic N) is 4. The first kappa shape index (κ1) is 23.4. The largest absolute Gasteiger partial charge is 0.406 e. The zero-order chi connectivity index (χ0) is 23.8. The summed E-state index contributed by atoms with van der Waals surface area (Å²) in [6.45, 7) is 0.135. The molecule has 32 heavy (non-hydrogen) atoms. The first-order chi connectivity index (χ1) is 14.9. The molecule has 0 aliphatic carbocycles.